The lowest BCUT2D eigenvalue weighted by molar-refractivity contribution is 0.0594. The fraction of sp³-hybridized carbons (Fsp3) is 0.571. The van der Waals surface area contributed by atoms with Crippen LogP contribution in [-0.4, -0.2) is 42.1 Å². The Kier molecular flexibility index (Phi) is 4.77. The van der Waals surface area contributed by atoms with Crippen molar-refractivity contribution in [2.24, 2.45) is 5.92 Å². The third-order valence-corrected chi connectivity index (χ3v) is 3.90. The van der Waals surface area contributed by atoms with Gasteiger partial charge in [0.15, 0.2) is 0 Å². The van der Waals surface area contributed by atoms with Gasteiger partial charge in [-0.3, -0.25) is 9.78 Å². The smallest absolute Gasteiger partial charge is 0.255 e. The molecular formula is C14H19ClN2O2. The van der Waals surface area contributed by atoms with E-state index in [4.69, 9.17) is 16.3 Å². The SMILES string of the molecule is COCCN(C(=O)c1ccncc1Cl)C(C)C1CC1. The molecule has 19 heavy (non-hydrogen) atoms. The van der Waals surface area contributed by atoms with Crippen LogP contribution in [0.1, 0.15) is 30.1 Å². The number of halogens is 1. The Hall–Kier alpha value is -1.13. The van der Waals surface area contributed by atoms with Crippen LogP contribution in [0, 0.1) is 5.92 Å². The molecule has 0 radical (unpaired) electrons. The Morgan fingerprint density at radius 3 is 2.95 bits per heavy atom. The zero-order valence-corrected chi connectivity index (χ0v) is 12.1. The molecule has 0 saturated heterocycles. The highest BCUT2D eigenvalue weighted by molar-refractivity contribution is 6.33. The molecule has 5 heteroatoms. The molecule has 0 N–H and O–H groups in total. The highest BCUT2D eigenvalue weighted by Crippen LogP contribution is 2.35. The van der Waals surface area contributed by atoms with E-state index in [2.05, 4.69) is 11.9 Å². The lowest BCUT2D eigenvalue weighted by Gasteiger charge is -2.29. The average Bonchev–Trinajstić information content (AvgIpc) is 3.23. The van der Waals surface area contributed by atoms with Crippen molar-refractivity contribution in [2.45, 2.75) is 25.8 Å². The Labute approximate surface area is 118 Å². The molecule has 1 unspecified atom stereocenters. The lowest BCUT2D eigenvalue weighted by atomic mass is 10.1. The first-order valence-electron chi connectivity index (χ1n) is 6.54. The second-order valence-electron chi connectivity index (χ2n) is 4.92. The zero-order valence-electron chi connectivity index (χ0n) is 11.3. The molecule has 1 fully saturated rings. The van der Waals surface area contributed by atoms with Crippen LogP contribution in [-0.2, 0) is 4.74 Å². The fourth-order valence-electron chi connectivity index (χ4n) is 2.22. The van der Waals surface area contributed by atoms with E-state index in [1.54, 1.807) is 19.4 Å². The molecular weight excluding hydrogens is 264 g/mol. The van der Waals surface area contributed by atoms with Gasteiger partial charge in [-0.2, -0.15) is 0 Å². The van der Waals surface area contributed by atoms with E-state index in [9.17, 15) is 4.79 Å². The molecule has 4 nitrogen and oxygen atoms in total. The summed E-state index contributed by atoms with van der Waals surface area (Å²) >= 11 is 6.06. The second-order valence-corrected chi connectivity index (χ2v) is 5.33. The molecule has 104 valence electrons. The normalized spacial score (nSPS) is 16.2. The Morgan fingerprint density at radius 1 is 1.63 bits per heavy atom. The summed E-state index contributed by atoms with van der Waals surface area (Å²) in [5, 5.41) is 0.401. The van der Waals surface area contributed by atoms with Gasteiger partial charge >= 0.3 is 0 Å². The molecule has 1 saturated carbocycles. The van der Waals surface area contributed by atoms with Gasteiger partial charge in [0, 0.05) is 32.1 Å². The van der Waals surface area contributed by atoms with E-state index in [1.807, 2.05) is 4.90 Å². The maximum Gasteiger partial charge on any atom is 0.255 e. The van der Waals surface area contributed by atoms with Crippen molar-refractivity contribution in [3.8, 4) is 0 Å². The molecule has 1 amide bonds. The van der Waals surface area contributed by atoms with Crippen LogP contribution < -0.4 is 0 Å². The van der Waals surface area contributed by atoms with E-state index < -0.39 is 0 Å². The van der Waals surface area contributed by atoms with Gasteiger partial charge < -0.3 is 9.64 Å². The van der Waals surface area contributed by atoms with E-state index in [1.165, 1.54) is 19.0 Å². The minimum absolute atomic E-state index is 0.0381. The summed E-state index contributed by atoms with van der Waals surface area (Å²) in [7, 11) is 1.64. The van der Waals surface area contributed by atoms with Crippen LogP contribution >= 0.6 is 11.6 Å². The summed E-state index contributed by atoms with van der Waals surface area (Å²) in [4.78, 5) is 18.4. The van der Waals surface area contributed by atoms with Crippen molar-refractivity contribution in [1.29, 1.82) is 0 Å². The van der Waals surface area contributed by atoms with Crippen molar-refractivity contribution in [3.05, 3.63) is 29.0 Å². The molecule has 1 aliphatic rings. The van der Waals surface area contributed by atoms with Crippen LogP contribution in [0.2, 0.25) is 5.02 Å². The highest BCUT2D eigenvalue weighted by Gasteiger charge is 2.34. The number of pyridine rings is 1. The van der Waals surface area contributed by atoms with Gasteiger partial charge in [-0.15, -0.1) is 0 Å². The first-order chi connectivity index (χ1) is 9.15. The van der Waals surface area contributed by atoms with Gasteiger partial charge in [-0.1, -0.05) is 11.6 Å². The number of amides is 1. The fourth-order valence-corrected chi connectivity index (χ4v) is 2.42. The maximum atomic E-state index is 12.6. The predicted octanol–water partition coefficient (Wildman–Crippen LogP) is 2.62. The maximum absolute atomic E-state index is 12.6. The van der Waals surface area contributed by atoms with E-state index >= 15 is 0 Å². The van der Waals surface area contributed by atoms with Crippen molar-refractivity contribution in [3.63, 3.8) is 0 Å². The van der Waals surface area contributed by atoms with Crippen LogP contribution in [0.15, 0.2) is 18.5 Å². The summed E-state index contributed by atoms with van der Waals surface area (Å²) in [6, 6.07) is 1.90. The van der Waals surface area contributed by atoms with Crippen molar-refractivity contribution >= 4 is 17.5 Å². The molecule has 0 aromatic carbocycles. The summed E-state index contributed by atoms with van der Waals surface area (Å²) in [6.07, 6.45) is 5.49. The molecule has 1 atom stereocenters. The van der Waals surface area contributed by atoms with Crippen LogP contribution in [0.5, 0.6) is 0 Å². The zero-order chi connectivity index (χ0) is 13.8. The highest BCUT2D eigenvalue weighted by atomic mass is 35.5. The van der Waals surface area contributed by atoms with Crippen LogP contribution in [0.4, 0.5) is 0 Å². The summed E-state index contributed by atoms with van der Waals surface area (Å²) in [5.74, 6) is 0.574. The number of methoxy groups -OCH3 is 1. The molecule has 0 spiro atoms. The number of hydrogen-bond donors (Lipinski definition) is 0. The number of carbonyl (C=O) groups is 1. The van der Waals surface area contributed by atoms with Crippen molar-refractivity contribution in [1.82, 2.24) is 9.88 Å². The summed E-state index contributed by atoms with van der Waals surface area (Å²) < 4.78 is 5.10. The van der Waals surface area contributed by atoms with Gasteiger partial charge in [0.1, 0.15) is 0 Å². The van der Waals surface area contributed by atoms with Crippen molar-refractivity contribution in [2.75, 3.05) is 20.3 Å². The molecule has 1 aliphatic carbocycles. The molecule has 1 aromatic heterocycles. The van der Waals surface area contributed by atoms with Gasteiger partial charge in [0.25, 0.3) is 5.91 Å². The number of carbonyl (C=O) groups excluding carboxylic acids is 1. The van der Waals surface area contributed by atoms with Crippen molar-refractivity contribution < 1.29 is 9.53 Å². The van der Waals surface area contributed by atoms with Gasteiger partial charge in [-0.25, -0.2) is 0 Å². The van der Waals surface area contributed by atoms with Gasteiger partial charge in [0.2, 0.25) is 0 Å². The van der Waals surface area contributed by atoms with Crippen LogP contribution in [0.3, 0.4) is 0 Å². The Balaban J connectivity index is 2.17. The molecule has 0 aliphatic heterocycles. The van der Waals surface area contributed by atoms with Gasteiger partial charge in [0.05, 0.1) is 17.2 Å². The third-order valence-electron chi connectivity index (χ3n) is 3.60. The number of hydrogen-bond acceptors (Lipinski definition) is 3. The molecule has 1 aromatic rings. The van der Waals surface area contributed by atoms with Crippen LogP contribution in [0.25, 0.3) is 0 Å². The first kappa shape index (κ1) is 14.3. The minimum Gasteiger partial charge on any atom is -0.383 e. The number of aromatic nitrogens is 1. The molecule has 1 heterocycles. The Bertz CT molecular complexity index is 449. The first-order valence-corrected chi connectivity index (χ1v) is 6.92. The standard InChI is InChI=1S/C14H19ClN2O2/c1-10(11-3-4-11)17(7-8-19-2)14(18)12-5-6-16-9-13(12)15/h5-6,9-11H,3-4,7-8H2,1-2H3. The van der Waals surface area contributed by atoms with E-state index in [0.717, 1.165) is 0 Å². The Morgan fingerprint density at radius 2 is 2.37 bits per heavy atom. The average molecular weight is 283 g/mol. The lowest BCUT2D eigenvalue weighted by Crippen LogP contribution is -2.42. The summed E-state index contributed by atoms with van der Waals surface area (Å²) in [5.41, 5.74) is 0.514. The predicted molar refractivity (Wildman–Crippen MR) is 74.3 cm³/mol. The third kappa shape index (κ3) is 3.45. The largest absolute Gasteiger partial charge is 0.383 e. The number of nitrogens with zero attached hydrogens (tertiary/aromatic N) is 2. The molecule has 0 bridgehead atoms. The van der Waals surface area contributed by atoms with E-state index in [0.29, 0.717) is 29.7 Å². The minimum atomic E-state index is -0.0381. The summed E-state index contributed by atoms with van der Waals surface area (Å²) in [6.45, 7) is 3.22. The topological polar surface area (TPSA) is 42.4 Å². The second kappa shape index (κ2) is 6.35. The number of rotatable bonds is 6. The van der Waals surface area contributed by atoms with E-state index in [-0.39, 0.29) is 11.9 Å². The number of ether oxygens (including phenoxy) is 1. The van der Waals surface area contributed by atoms with Gasteiger partial charge in [-0.05, 0) is 31.7 Å². The molecule has 2 rings (SSSR count). The quantitative estimate of drug-likeness (QED) is 0.805. The monoisotopic (exact) mass is 282 g/mol.